The molecule has 0 aromatic carbocycles. The van der Waals surface area contributed by atoms with Crippen molar-refractivity contribution in [3.05, 3.63) is 28.7 Å². The van der Waals surface area contributed by atoms with E-state index in [1.165, 1.54) is 25.7 Å². The minimum absolute atomic E-state index is 0.416. The number of allylic oxidation sites excluding steroid dienone is 2. The van der Waals surface area contributed by atoms with Crippen molar-refractivity contribution in [3.8, 4) is 0 Å². The Kier molecular flexibility index (Phi) is 6.30. The molecule has 4 nitrogen and oxygen atoms in total. The number of nitrogens with zero attached hydrogens (tertiary/aromatic N) is 1. The fraction of sp³-hybridized carbons (Fsp3) is 0.667. The summed E-state index contributed by atoms with van der Waals surface area (Å²) in [6.45, 7) is 2.05. The molecule has 4 heteroatoms. The van der Waals surface area contributed by atoms with Gasteiger partial charge in [0.05, 0.1) is 0 Å². The Bertz CT molecular complexity index is 351. The van der Waals surface area contributed by atoms with Gasteiger partial charge in [0.15, 0.2) is 0 Å². The molecule has 0 N–H and O–H groups in total. The first-order valence-electron chi connectivity index (χ1n) is 5.90. The van der Waals surface area contributed by atoms with E-state index < -0.39 is 5.82 Å². The number of aromatic nitrogens is 1. The fourth-order valence-corrected chi connectivity index (χ4v) is 1.55. The van der Waals surface area contributed by atoms with Gasteiger partial charge in [-0.2, -0.15) is 0 Å². The van der Waals surface area contributed by atoms with Crippen molar-refractivity contribution in [2.24, 2.45) is 0 Å². The van der Waals surface area contributed by atoms with E-state index in [2.05, 4.69) is 21.8 Å². The second-order valence-corrected chi connectivity index (χ2v) is 3.80. The summed E-state index contributed by atoms with van der Waals surface area (Å²) in [5.41, 5.74) is 0. The lowest BCUT2D eigenvalue weighted by molar-refractivity contribution is 0.334. The number of aryl methyl sites for hydroxylation is 1. The third-order valence-corrected chi connectivity index (χ3v) is 2.42. The second kappa shape index (κ2) is 7.91. The van der Waals surface area contributed by atoms with Crippen molar-refractivity contribution in [1.29, 1.82) is 0 Å². The van der Waals surface area contributed by atoms with Crippen LogP contribution in [0, 0.1) is 0 Å². The summed E-state index contributed by atoms with van der Waals surface area (Å²) in [6, 6.07) is 0. The smallest absolute Gasteiger partial charge is 0.375 e. The molecule has 16 heavy (non-hydrogen) atoms. The van der Waals surface area contributed by atoms with Gasteiger partial charge in [-0.15, -0.1) is 0 Å². The molecule has 0 aliphatic heterocycles. The van der Waals surface area contributed by atoms with Crippen LogP contribution in [0.15, 0.2) is 25.9 Å². The van der Waals surface area contributed by atoms with E-state index in [4.69, 9.17) is 4.42 Å². The Morgan fingerprint density at radius 1 is 1.19 bits per heavy atom. The van der Waals surface area contributed by atoms with Crippen molar-refractivity contribution in [2.75, 3.05) is 0 Å². The predicted octanol–water partition coefficient (Wildman–Crippen LogP) is 3.09. The number of hydrogen-bond donors (Lipinski definition) is 0. The van der Waals surface area contributed by atoms with Crippen molar-refractivity contribution in [2.45, 2.75) is 51.9 Å². The molecule has 0 aliphatic rings. The number of unbranched alkanes of at least 4 members (excludes halogenated alkanes) is 5. The lowest BCUT2D eigenvalue weighted by atomic mass is 10.1. The van der Waals surface area contributed by atoms with Crippen LogP contribution in [0.1, 0.15) is 51.3 Å². The van der Waals surface area contributed by atoms with Crippen LogP contribution in [-0.2, 0) is 6.42 Å². The maximum atomic E-state index is 10.5. The van der Waals surface area contributed by atoms with E-state index in [-0.39, 0.29) is 0 Å². The summed E-state index contributed by atoms with van der Waals surface area (Å²) >= 11 is 0. The highest BCUT2D eigenvalue weighted by Gasteiger charge is 2.02. The molecule has 0 aliphatic carbocycles. The fourth-order valence-electron chi connectivity index (χ4n) is 1.55. The maximum Gasteiger partial charge on any atom is 0.542 e. The zero-order valence-corrected chi connectivity index (χ0v) is 9.78. The van der Waals surface area contributed by atoms with Gasteiger partial charge >= 0.3 is 5.82 Å². The Morgan fingerprint density at radius 2 is 1.94 bits per heavy atom. The summed E-state index contributed by atoms with van der Waals surface area (Å²) in [4.78, 5) is 10.5. The van der Waals surface area contributed by atoms with E-state index in [0.29, 0.717) is 12.3 Å². The van der Waals surface area contributed by atoms with E-state index >= 15 is 0 Å². The van der Waals surface area contributed by atoms with Gasteiger partial charge in [0.2, 0.25) is 5.89 Å². The molecule has 0 bridgehead atoms. The maximum absolute atomic E-state index is 10.5. The molecule has 90 valence electrons. The summed E-state index contributed by atoms with van der Waals surface area (Å²) < 4.78 is 9.01. The van der Waals surface area contributed by atoms with E-state index in [0.717, 1.165) is 12.8 Å². The molecule has 1 aromatic rings. The Labute approximate surface area is 95.3 Å². The second-order valence-electron chi connectivity index (χ2n) is 3.80. The van der Waals surface area contributed by atoms with Gasteiger partial charge in [-0.05, 0) is 31.3 Å². The normalized spacial score (nSPS) is 11.3. The summed E-state index contributed by atoms with van der Waals surface area (Å²) in [7, 11) is 0. The quantitative estimate of drug-likeness (QED) is 0.504. The molecule has 0 saturated heterocycles. The Morgan fingerprint density at radius 3 is 2.62 bits per heavy atom. The van der Waals surface area contributed by atoms with Crippen LogP contribution in [0.4, 0.5) is 0 Å². The third kappa shape index (κ3) is 5.53. The van der Waals surface area contributed by atoms with E-state index in [1.54, 1.807) is 0 Å². The van der Waals surface area contributed by atoms with Crippen LogP contribution in [0.3, 0.4) is 0 Å². The largest absolute Gasteiger partial charge is 0.542 e. The molecular weight excluding hydrogens is 206 g/mol. The molecule has 0 amide bonds. The summed E-state index contributed by atoms with van der Waals surface area (Å²) in [6.07, 6.45) is 12.0. The molecule has 0 unspecified atom stereocenters. The van der Waals surface area contributed by atoms with Gasteiger partial charge in [-0.3, -0.25) is 4.52 Å². The minimum Gasteiger partial charge on any atom is -0.375 e. The average Bonchev–Trinajstić information content (AvgIpc) is 2.68. The first-order chi connectivity index (χ1) is 7.83. The molecule has 1 aromatic heterocycles. The van der Waals surface area contributed by atoms with Gasteiger partial charge in [0.1, 0.15) is 0 Å². The molecule has 0 atom stereocenters. The molecule has 1 heterocycles. The number of rotatable bonds is 8. The Hall–Kier alpha value is -1.32. The van der Waals surface area contributed by atoms with Crippen LogP contribution >= 0.6 is 0 Å². The highest BCUT2D eigenvalue weighted by Crippen LogP contribution is 2.08. The van der Waals surface area contributed by atoms with E-state index in [9.17, 15) is 4.79 Å². The predicted molar refractivity (Wildman–Crippen MR) is 61.3 cm³/mol. The van der Waals surface area contributed by atoms with Crippen molar-refractivity contribution in [1.82, 2.24) is 5.16 Å². The molecule has 0 radical (unpaired) electrons. The average molecular weight is 225 g/mol. The lowest BCUT2D eigenvalue weighted by Gasteiger charge is -1.97. The highest BCUT2D eigenvalue weighted by molar-refractivity contribution is 4.76. The van der Waals surface area contributed by atoms with Gasteiger partial charge in [0.25, 0.3) is 0 Å². The van der Waals surface area contributed by atoms with Gasteiger partial charge in [-0.25, -0.2) is 4.79 Å². The topological polar surface area (TPSA) is 56.2 Å². The highest BCUT2D eigenvalue weighted by atomic mass is 16.6. The molecule has 0 spiro atoms. The summed E-state index contributed by atoms with van der Waals surface area (Å²) in [5, 5.41) is 3.51. The van der Waals surface area contributed by atoms with Crippen molar-refractivity contribution >= 4 is 0 Å². The van der Waals surface area contributed by atoms with Crippen molar-refractivity contribution < 1.29 is 8.94 Å². The van der Waals surface area contributed by atoms with Crippen LogP contribution < -0.4 is 5.82 Å². The van der Waals surface area contributed by atoms with E-state index in [1.807, 2.05) is 6.92 Å². The molecule has 1 rings (SSSR count). The number of hydrogen-bond acceptors (Lipinski definition) is 4. The molecule has 0 fully saturated rings. The zero-order chi connectivity index (χ0) is 11.6. The standard InChI is InChI=1S/C12H19NO3/c1-2-3-4-5-6-7-8-9-10-11-13-16-12(14)15-11/h2-3H,4-10H2,1H3/b3-2+. The third-order valence-electron chi connectivity index (χ3n) is 2.42. The lowest BCUT2D eigenvalue weighted by Crippen LogP contribution is -1.88. The van der Waals surface area contributed by atoms with Gasteiger partial charge in [-0.1, -0.05) is 31.4 Å². The van der Waals surface area contributed by atoms with Gasteiger partial charge < -0.3 is 4.42 Å². The monoisotopic (exact) mass is 225 g/mol. The van der Waals surface area contributed by atoms with Crippen LogP contribution in [0.25, 0.3) is 0 Å². The van der Waals surface area contributed by atoms with Crippen LogP contribution in [-0.4, -0.2) is 5.16 Å². The van der Waals surface area contributed by atoms with Crippen molar-refractivity contribution in [3.63, 3.8) is 0 Å². The molecular formula is C12H19NO3. The first-order valence-corrected chi connectivity index (χ1v) is 5.90. The van der Waals surface area contributed by atoms with Crippen LogP contribution in [0.2, 0.25) is 0 Å². The van der Waals surface area contributed by atoms with Gasteiger partial charge in [0, 0.05) is 6.42 Å². The SMILES string of the molecule is C/C=C/CCCCCCCc1noc(=O)o1. The molecule has 0 saturated carbocycles. The Balaban J connectivity index is 1.94. The minimum atomic E-state index is -0.707. The first kappa shape index (κ1) is 12.7. The zero-order valence-electron chi connectivity index (χ0n) is 9.78. The summed E-state index contributed by atoms with van der Waals surface area (Å²) in [5.74, 6) is -0.291. The van der Waals surface area contributed by atoms with Crippen LogP contribution in [0.5, 0.6) is 0 Å².